The van der Waals surface area contributed by atoms with E-state index in [0.29, 0.717) is 22.5 Å². The molecule has 2 aliphatic carbocycles. The summed E-state index contributed by atoms with van der Waals surface area (Å²) in [6, 6.07) is 6.60. The third-order valence-electron chi connectivity index (χ3n) is 5.61. The van der Waals surface area contributed by atoms with E-state index >= 15 is 0 Å². The van der Waals surface area contributed by atoms with Crippen LogP contribution in [0.2, 0.25) is 5.02 Å². The number of benzene rings is 1. The van der Waals surface area contributed by atoms with Crippen molar-refractivity contribution in [3.05, 3.63) is 29.3 Å². The average molecular weight is 385 g/mol. The molecule has 2 fully saturated rings. The number of rotatable bonds is 6. The first kappa shape index (κ1) is 18.5. The van der Waals surface area contributed by atoms with Gasteiger partial charge in [0, 0.05) is 11.1 Å². The SMILES string of the molecule is C[C@@H](NC(=O)CN(c1cccc(Cl)c1)S(C)(=O)=O)[C@@H]1C[C@H]2CC[C@H]1C2. The monoisotopic (exact) mass is 384 g/mol. The molecule has 0 aromatic heterocycles. The Morgan fingerprint density at radius 1 is 1.36 bits per heavy atom. The van der Waals surface area contributed by atoms with Gasteiger partial charge in [-0.15, -0.1) is 0 Å². The Kier molecular flexibility index (Phi) is 5.30. The Bertz CT molecular complexity index is 752. The number of nitrogens with zero attached hydrogens (tertiary/aromatic N) is 1. The molecular formula is C18H25ClN2O3S. The lowest BCUT2D eigenvalue weighted by Gasteiger charge is -2.29. The van der Waals surface area contributed by atoms with E-state index in [4.69, 9.17) is 11.6 Å². The number of sulfonamides is 1. The number of amides is 1. The number of hydrogen-bond acceptors (Lipinski definition) is 3. The minimum absolute atomic E-state index is 0.0728. The van der Waals surface area contributed by atoms with E-state index < -0.39 is 10.0 Å². The second kappa shape index (κ2) is 7.16. The van der Waals surface area contributed by atoms with Crippen molar-refractivity contribution in [1.29, 1.82) is 0 Å². The lowest BCUT2D eigenvalue weighted by molar-refractivity contribution is -0.120. The van der Waals surface area contributed by atoms with Crippen LogP contribution in [0.25, 0.3) is 0 Å². The van der Waals surface area contributed by atoms with Crippen molar-refractivity contribution in [2.24, 2.45) is 17.8 Å². The summed E-state index contributed by atoms with van der Waals surface area (Å²) in [6.07, 6.45) is 6.13. The highest BCUT2D eigenvalue weighted by atomic mass is 35.5. The van der Waals surface area contributed by atoms with Crippen molar-refractivity contribution >= 4 is 33.2 Å². The summed E-state index contributed by atoms with van der Waals surface area (Å²) >= 11 is 5.96. The van der Waals surface area contributed by atoms with Crippen LogP contribution in [0.3, 0.4) is 0 Å². The molecule has 0 spiro atoms. The van der Waals surface area contributed by atoms with Gasteiger partial charge in [0.25, 0.3) is 0 Å². The van der Waals surface area contributed by atoms with E-state index in [1.807, 2.05) is 6.92 Å². The molecule has 0 aliphatic heterocycles. The van der Waals surface area contributed by atoms with Crippen LogP contribution in [0.15, 0.2) is 24.3 Å². The molecule has 7 heteroatoms. The standard InChI is InChI=1S/C18H25ClN2O3S/c1-12(17-9-13-6-7-14(17)8-13)20-18(22)11-21(25(2,23)24)16-5-3-4-15(19)10-16/h3-5,10,12-14,17H,6-9,11H2,1-2H3,(H,20,22)/t12-,13+,14+,17+/m1/s1. The summed E-state index contributed by atoms with van der Waals surface area (Å²) in [4.78, 5) is 12.5. The highest BCUT2D eigenvalue weighted by molar-refractivity contribution is 7.92. The van der Waals surface area contributed by atoms with E-state index in [1.54, 1.807) is 24.3 Å². The number of hydrogen-bond donors (Lipinski definition) is 1. The maximum Gasteiger partial charge on any atom is 0.240 e. The quantitative estimate of drug-likeness (QED) is 0.819. The van der Waals surface area contributed by atoms with Gasteiger partial charge in [0.2, 0.25) is 15.9 Å². The van der Waals surface area contributed by atoms with Crippen LogP contribution in [0, 0.1) is 17.8 Å². The van der Waals surface area contributed by atoms with Gasteiger partial charge in [0.05, 0.1) is 11.9 Å². The lowest BCUT2D eigenvalue weighted by Crippen LogP contribution is -2.46. The van der Waals surface area contributed by atoms with Crippen molar-refractivity contribution < 1.29 is 13.2 Å². The van der Waals surface area contributed by atoms with Gasteiger partial charge in [-0.2, -0.15) is 0 Å². The number of anilines is 1. The average Bonchev–Trinajstić information content (AvgIpc) is 3.14. The third-order valence-corrected chi connectivity index (χ3v) is 6.98. The number of carbonyl (C=O) groups is 1. The molecular weight excluding hydrogens is 360 g/mol. The Morgan fingerprint density at radius 3 is 2.68 bits per heavy atom. The van der Waals surface area contributed by atoms with Gasteiger partial charge in [-0.25, -0.2) is 8.42 Å². The van der Waals surface area contributed by atoms with Gasteiger partial charge < -0.3 is 5.32 Å². The topological polar surface area (TPSA) is 66.5 Å². The summed E-state index contributed by atoms with van der Waals surface area (Å²) in [6.45, 7) is 1.80. The summed E-state index contributed by atoms with van der Waals surface area (Å²) in [5.74, 6) is 1.76. The van der Waals surface area contributed by atoms with Crippen LogP contribution < -0.4 is 9.62 Å². The maximum atomic E-state index is 12.5. The van der Waals surface area contributed by atoms with Crippen LogP contribution in [0.1, 0.15) is 32.6 Å². The summed E-state index contributed by atoms with van der Waals surface area (Å²) in [5, 5.41) is 3.45. The zero-order chi connectivity index (χ0) is 18.2. The highest BCUT2D eigenvalue weighted by Gasteiger charge is 2.42. The molecule has 0 saturated heterocycles. The summed E-state index contributed by atoms with van der Waals surface area (Å²) in [7, 11) is -3.58. The molecule has 2 bridgehead atoms. The predicted octanol–water partition coefficient (Wildman–Crippen LogP) is 3.05. The molecule has 1 N–H and O–H groups in total. The molecule has 1 aromatic rings. The number of carbonyl (C=O) groups excluding carboxylic acids is 1. The van der Waals surface area contributed by atoms with Gasteiger partial charge >= 0.3 is 0 Å². The largest absolute Gasteiger partial charge is 0.352 e. The van der Waals surface area contributed by atoms with Crippen molar-refractivity contribution in [2.75, 3.05) is 17.1 Å². The van der Waals surface area contributed by atoms with Gasteiger partial charge in [-0.1, -0.05) is 24.1 Å². The van der Waals surface area contributed by atoms with Crippen LogP contribution >= 0.6 is 11.6 Å². The first-order valence-corrected chi connectivity index (χ1v) is 11.0. The molecule has 2 aliphatic rings. The van der Waals surface area contributed by atoms with Crippen molar-refractivity contribution in [3.63, 3.8) is 0 Å². The van der Waals surface area contributed by atoms with Gasteiger partial charge in [0.15, 0.2) is 0 Å². The maximum absolute atomic E-state index is 12.5. The zero-order valence-electron chi connectivity index (χ0n) is 14.6. The molecule has 1 amide bonds. The normalized spacial score (nSPS) is 26.4. The van der Waals surface area contributed by atoms with E-state index in [1.165, 1.54) is 25.7 Å². The van der Waals surface area contributed by atoms with Crippen LogP contribution in [-0.4, -0.2) is 33.2 Å². The lowest BCUT2D eigenvalue weighted by atomic mass is 9.84. The van der Waals surface area contributed by atoms with Crippen molar-refractivity contribution in [3.8, 4) is 0 Å². The molecule has 5 nitrogen and oxygen atoms in total. The fourth-order valence-electron chi connectivity index (χ4n) is 4.47. The van der Waals surface area contributed by atoms with Crippen LogP contribution in [0.4, 0.5) is 5.69 Å². The molecule has 0 radical (unpaired) electrons. The molecule has 0 unspecified atom stereocenters. The third kappa shape index (κ3) is 4.29. The Balaban J connectivity index is 1.66. The van der Waals surface area contributed by atoms with E-state index in [2.05, 4.69) is 5.32 Å². The van der Waals surface area contributed by atoms with Crippen molar-refractivity contribution in [2.45, 2.75) is 38.6 Å². The molecule has 2 saturated carbocycles. The predicted molar refractivity (Wildman–Crippen MR) is 100 cm³/mol. The smallest absolute Gasteiger partial charge is 0.240 e. The summed E-state index contributed by atoms with van der Waals surface area (Å²) in [5.41, 5.74) is 0.401. The number of halogens is 1. The van der Waals surface area contributed by atoms with Gasteiger partial charge in [0.1, 0.15) is 6.54 Å². The highest BCUT2D eigenvalue weighted by Crippen LogP contribution is 2.49. The molecule has 0 heterocycles. The molecule has 4 atom stereocenters. The minimum atomic E-state index is -3.58. The second-order valence-electron chi connectivity index (χ2n) is 7.44. The Morgan fingerprint density at radius 2 is 2.12 bits per heavy atom. The fraction of sp³-hybridized carbons (Fsp3) is 0.611. The number of fused-ring (bicyclic) bond motifs is 2. The molecule has 138 valence electrons. The van der Waals surface area contributed by atoms with E-state index in [9.17, 15) is 13.2 Å². The summed E-state index contributed by atoms with van der Waals surface area (Å²) < 4.78 is 25.4. The Hall–Kier alpha value is -1.27. The molecule has 25 heavy (non-hydrogen) atoms. The second-order valence-corrected chi connectivity index (χ2v) is 9.79. The van der Waals surface area contributed by atoms with Crippen LogP contribution in [0.5, 0.6) is 0 Å². The van der Waals surface area contributed by atoms with Gasteiger partial charge in [-0.3, -0.25) is 9.10 Å². The fourth-order valence-corrected chi connectivity index (χ4v) is 5.51. The Labute approximate surface area is 154 Å². The molecule has 3 rings (SSSR count). The molecule has 1 aromatic carbocycles. The van der Waals surface area contributed by atoms with Crippen LogP contribution in [-0.2, 0) is 14.8 Å². The van der Waals surface area contributed by atoms with E-state index in [-0.39, 0.29) is 18.5 Å². The first-order valence-electron chi connectivity index (χ1n) is 8.76. The zero-order valence-corrected chi connectivity index (χ0v) is 16.2. The van der Waals surface area contributed by atoms with Gasteiger partial charge in [-0.05, 0) is 62.1 Å². The first-order chi connectivity index (χ1) is 11.7. The van der Waals surface area contributed by atoms with E-state index in [0.717, 1.165) is 16.5 Å². The number of nitrogens with one attached hydrogen (secondary N) is 1. The van der Waals surface area contributed by atoms with Crippen molar-refractivity contribution in [1.82, 2.24) is 5.32 Å². The minimum Gasteiger partial charge on any atom is -0.352 e.